The molecule has 0 unspecified atom stereocenters. The van der Waals surface area contributed by atoms with Crippen LogP contribution in [0.3, 0.4) is 0 Å². The fourth-order valence-corrected chi connectivity index (χ4v) is 2.01. The molecule has 0 aliphatic carbocycles. The highest BCUT2D eigenvalue weighted by Gasteiger charge is 2.09. The summed E-state index contributed by atoms with van der Waals surface area (Å²) in [6.45, 7) is 1.75. The zero-order valence-electron chi connectivity index (χ0n) is 11.6. The molecule has 0 bridgehead atoms. The second kappa shape index (κ2) is 5.28. The van der Waals surface area contributed by atoms with E-state index in [1.165, 1.54) is 24.4 Å². The van der Waals surface area contributed by atoms with E-state index < -0.39 is 4.92 Å². The lowest BCUT2D eigenvalue weighted by Gasteiger charge is -1.99. The highest BCUT2D eigenvalue weighted by atomic mass is 16.6. The summed E-state index contributed by atoms with van der Waals surface area (Å²) >= 11 is 0. The van der Waals surface area contributed by atoms with Crippen LogP contribution >= 0.6 is 0 Å². The van der Waals surface area contributed by atoms with Gasteiger partial charge < -0.3 is 9.52 Å². The molecule has 0 saturated carbocycles. The van der Waals surface area contributed by atoms with E-state index in [1.54, 1.807) is 25.1 Å². The van der Waals surface area contributed by atoms with Gasteiger partial charge in [0.25, 0.3) is 5.69 Å². The molecule has 3 aromatic rings. The number of nitrogens with zero attached hydrogens (tertiary/aromatic N) is 3. The maximum absolute atomic E-state index is 10.7. The summed E-state index contributed by atoms with van der Waals surface area (Å²) in [5.74, 6) is 0.486. The third kappa shape index (κ3) is 2.64. The van der Waals surface area contributed by atoms with E-state index in [-0.39, 0.29) is 17.0 Å². The summed E-state index contributed by atoms with van der Waals surface area (Å²) < 4.78 is 5.37. The Morgan fingerprint density at radius 2 is 2.14 bits per heavy atom. The smallest absolute Gasteiger partial charge is 0.270 e. The van der Waals surface area contributed by atoms with Gasteiger partial charge in [-0.25, -0.2) is 4.98 Å². The monoisotopic (exact) mass is 297 g/mol. The predicted octanol–water partition coefficient (Wildman–Crippen LogP) is 3.50. The van der Waals surface area contributed by atoms with Crippen molar-refractivity contribution in [1.29, 1.82) is 0 Å². The third-order valence-corrected chi connectivity index (χ3v) is 3.05. The number of aliphatic imine (C=N–C) groups is 1. The van der Waals surface area contributed by atoms with Crippen LogP contribution in [0.1, 0.15) is 11.5 Å². The van der Waals surface area contributed by atoms with Crippen molar-refractivity contribution in [3.63, 3.8) is 0 Å². The fraction of sp³-hybridized carbons (Fsp3) is 0.0667. The summed E-state index contributed by atoms with van der Waals surface area (Å²) in [5.41, 5.74) is 2.10. The summed E-state index contributed by atoms with van der Waals surface area (Å²) in [7, 11) is 0. The summed E-state index contributed by atoms with van der Waals surface area (Å²) in [6, 6.07) is 8.97. The second-order valence-corrected chi connectivity index (χ2v) is 4.64. The van der Waals surface area contributed by atoms with E-state index in [9.17, 15) is 15.2 Å². The van der Waals surface area contributed by atoms with Gasteiger partial charge in [0, 0.05) is 30.8 Å². The van der Waals surface area contributed by atoms with E-state index in [2.05, 4.69) is 9.98 Å². The number of aryl methyl sites for hydroxylation is 1. The van der Waals surface area contributed by atoms with Crippen molar-refractivity contribution in [2.75, 3.05) is 0 Å². The highest BCUT2D eigenvalue weighted by molar-refractivity contribution is 5.87. The number of non-ortho nitro benzene ring substituents is 1. The van der Waals surface area contributed by atoms with Crippen molar-refractivity contribution in [3.8, 4) is 5.75 Å². The lowest BCUT2D eigenvalue weighted by atomic mass is 10.2. The van der Waals surface area contributed by atoms with Crippen LogP contribution in [0.25, 0.3) is 11.1 Å². The van der Waals surface area contributed by atoms with Gasteiger partial charge in [0.1, 0.15) is 11.3 Å². The summed E-state index contributed by atoms with van der Waals surface area (Å²) in [5, 5.41) is 20.5. The van der Waals surface area contributed by atoms with Crippen LogP contribution in [0.5, 0.6) is 5.75 Å². The van der Waals surface area contributed by atoms with Gasteiger partial charge in [-0.1, -0.05) is 0 Å². The Hall–Kier alpha value is -3.22. The molecular weight excluding hydrogens is 286 g/mol. The van der Waals surface area contributed by atoms with Crippen LogP contribution < -0.4 is 0 Å². The number of hydrogen-bond acceptors (Lipinski definition) is 6. The van der Waals surface area contributed by atoms with Crippen LogP contribution in [0.15, 0.2) is 45.8 Å². The first-order valence-corrected chi connectivity index (χ1v) is 6.41. The van der Waals surface area contributed by atoms with Crippen LogP contribution in [0.2, 0.25) is 0 Å². The van der Waals surface area contributed by atoms with E-state index in [1.807, 2.05) is 0 Å². The Labute approximate surface area is 124 Å². The Morgan fingerprint density at radius 1 is 1.32 bits per heavy atom. The van der Waals surface area contributed by atoms with Gasteiger partial charge in [0.2, 0.25) is 0 Å². The minimum atomic E-state index is -0.527. The van der Waals surface area contributed by atoms with Gasteiger partial charge in [-0.05, 0) is 24.3 Å². The molecule has 1 heterocycles. The van der Waals surface area contributed by atoms with Crippen LogP contribution in [-0.2, 0) is 0 Å². The predicted molar refractivity (Wildman–Crippen MR) is 80.8 cm³/mol. The van der Waals surface area contributed by atoms with Crippen molar-refractivity contribution < 1.29 is 14.4 Å². The highest BCUT2D eigenvalue weighted by Crippen LogP contribution is 2.24. The van der Waals surface area contributed by atoms with Gasteiger partial charge in [0.15, 0.2) is 11.5 Å². The number of fused-ring (bicyclic) bond motifs is 1. The van der Waals surface area contributed by atoms with Gasteiger partial charge >= 0.3 is 0 Å². The number of oxazole rings is 1. The Balaban J connectivity index is 1.95. The Bertz CT molecular complexity index is 899. The lowest BCUT2D eigenvalue weighted by Crippen LogP contribution is -1.90. The van der Waals surface area contributed by atoms with E-state index in [4.69, 9.17) is 4.42 Å². The average Bonchev–Trinajstić information content (AvgIpc) is 2.85. The number of benzene rings is 2. The third-order valence-electron chi connectivity index (χ3n) is 3.05. The average molecular weight is 297 g/mol. The van der Waals surface area contributed by atoms with E-state index in [0.29, 0.717) is 22.7 Å². The molecule has 0 spiro atoms. The lowest BCUT2D eigenvalue weighted by molar-refractivity contribution is -0.384. The van der Waals surface area contributed by atoms with Crippen molar-refractivity contribution in [1.82, 2.24) is 4.98 Å². The largest absolute Gasteiger partial charge is 0.507 e. The Morgan fingerprint density at radius 3 is 2.91 bits per heavy atom. The molecule has 0 atom stereocenters. The minimum Gasteiger partial charge on any atom is -0.507 e. The van der Waals surface area contributed by atoms with Crippen LogP contribution in [0.4, 0.5) is 11.4 Å². The molecule has 0 saturated heterocycles. The van der Waals surface area contributed by atoms with Crippen molar-refractivity contribution >= 4 is 28.7 Å². The van der Waals surface area contributed by atoms with E-state index in [0.717, 1.165) is 0 Å². The molecule has 110 valence electrons. The number of phenols is 1. The van der Waals surface area contributed by atoms with Crippen LogP contribution in [0, 0.1) is 17.0 Å². The topological polar surface area (TPSA) is 102 Å². The molecule has 2 aromatic carbocycles. The molecule has 7 heteroatoms. The number of hydrogen-bond donors (Lipinski definition) is 1. The van der Waals surface area contributed by atoms with Gasteiger partial charge in [-0.15, -0.1) is 0 Å². The summed E-state index contributed by atoms with van der Waals surface area (Å²) in [4.78, 5) is 18.6. The zero-order valence-corrected chi connectivity index (χ0v) is 11.6. The fourth-order valence-electron chi connectivity index (χ4n) is 2.01. The molecule has 0 radical (unpaired) electrons. The number of aromatic nitrogens is 1. The Kier molecular flexibility index (Phi) is 3.30. The maximum atomic E-state index is 10.7. The standard InChI is InChI=1S/C15H11N3O4/c1-9-17-13-7-11(2-5-15(13)22-9)16-8-10-6-12(18(20)21)3-4-14(10)19/h2-8,19H,1H3. The van der Waals surface area contributed by atoms with Gasteiger partial charge in [-0.2, -0.15) is 0 Å². The molecule has 3 rings (SSSR count). The summed E-state index contributed by atoms with van der Waals surface area (Å²) in [6.07, 6.45) is 1.37. The number of phenolic OH excluding ortho intramolecular Hbond substituents is 1. The molecule has 0 aliphatic heterocycles. The molecule has 0 fully saturated rings. The van der Waals surface area contributed by atoms with Crippen molar-refractivity contribution in [3.05, 3.63) is 58.0 Å². The minimum absolute atomic E-state index is 0.0762. The zero-order chi connectivity index (χ0) is 15.7. The molecule has 1 aromatic heterocycles. The van der Waals surface area contributed by atoms with Crippen molar-refractivity contribution in [2.24, 2.45) is 4.99 Å². The first kappa shape index (κ1) is 13.7. The van der Waals surface area contributed by atoms with Gasteiger partial charge in [-0.3, -0.25) is 15.1 Å². The number of nitro benzene ring substituents is 1. The molecule has 0 amide bonds. The molecule has 7 nitrogen and oxygen atoms in total. The second-order valence-electron chi connectivity index (χ2n) is 4.64. The first-order valence-electron chi connectivity index (χ1n) is 6.41. The molecule has 22 heavy (non-hydrogen) atoms. The maximum Gasteiger partial charge on any atom is 0.270 e. The SMILES string of the molecule is Cc1nc2cc(N=Cc3cc([N+](=O)[O-])ccc3O)ccc2o1. The first-order chi connectivity index (χ1) is 10.5. The normalized spacial score (nSPS) is 11.3. The number of aromatic hydroxyl groups is 1. The molecule has 1 N–H and O–H groups in total. The van der Waals surface area contributed by atoms with Crippen LogP contribution in [-0.4, -0.2) is 21.2 Å². The van der Waals surface area contributed by atoms with E-state index >= 15 is 0 Å². The number of nitro groups is 1. The van der Waals surface area contributed by atoms with Crippen molar-refractivity contribution in [2.45, 2.75) is 6.92 Å². The van der Waals surface area contributed by atoms with Gasteiger partial charge in [0.05, 0.1) is 10.6 Å². The number of rotatable bonds is 3. The molecule has 0 aliphatic rings. The quantitative estimate of drug-likeness (QED) is 0.453. The molecular formula is C15H11N3O4.